The summed E-state index contributed by atoms with van der Waals surface area (Å²) in [4.78, 5) is 25.1. The number of ether oxygens (including phenoxy) is 1. The second-order valence-electron chi connectivity index (χ2n) is 5.45. The van der Waals surface area contributed by atoms with Gasteiger partial charge in [0.05, 0.1) is 6.61 Å². The molecule has 1 aliphatic rings. The summed E-state index contributed by atoms with van der Waals surface area (Å²) < 4.78 is 5.55. The molecule has 0 radical (unpaired) electrons. The van der Waals surface area contributed by atoms with Crippen molar-refractivity contribution < 1.29 is 19.4 Å². The minimum Gasteiger partial charge on any atom is -0.480 e. The summed E-state index contributed by atoms with van der Waals surface area (Å²) in [5, 5.41) is 9.39. The lowest BCUT2D eigenvalue weighted by molar-refractivity contribution is -0.188. The average molecular weight is 311 g/mol. The van der Waals surface area contributed by atoms with Crippen LogP contribution in [0.25, 0.3) is 0 Å². The van der Waals surface area contributed by atoms with Crippen LogP contribution < -0.4 is 0 Å². The highest BCUT2D eigenvalue weighted by molar-refractivity contribution is 5.98. The fourth-order valence-electron chi connectivity index (χ4n) is 2.66. The minimum absolute atomic E-state index is 0.222. The normalized spacial score (nSPS) is 20.2. The Morgan fingerprint density at radius 2 is 1.57 bits per heavy atom. The summed E-state index contributed by atoms with van der Waals surface area (Å²) in [7, 11) is 0. The van der Waals surface area contributed by atoms with Gasteiger partial charge in [-0.2, -0.15) is 0 Å². The van der Waals surface area contributed by atoms with Crippen LogP contribution in [0.1, 0.15) is 11.1 Å². The minimum atomic E-state index is -1.04. The Balaban J connectivity index is 1.65. The number of hydrogen-bond acceptors (Lipinski definition) is 3. The fraction of sp³-hybridized carbons (Fsp3) is 0.222. The van der Waals surface area contributed by atoms with Crippen LogP contribution in [0.4, 0.5) is 0 Å². The van der Waals surface area contributed by atoms with E-state index < -0.39 is 18.1 Å². The molecule has 1 aliphatic heterocycles. The third-order valence-electron chi connectivity index (χ3n) is 3.87. The Morgan fingerprint density at radius 1 is 1.00 bits per heavy atom. The Bertz CT molecular complexity index is 687. The molecule has 2 atom stereocenters. The van der Waals surface area contributed by atoms with Gasteiger partial charge in [0.15, 0.2) is 12.1 Å². The molecule has 0 aromatic heterocycles. The molecule has 2 aromatic rings. The van der Waals surface area contributed by atoms with Gasteiger partial charge < -0.3 is 14.7 Å². The van der Waals surface area contributed by atoms with Crippen LogP contribution in [0.5, 0.6) is 0 Å². The lowest BCUT2D eigenvalue weighted by Crippen LogP contribution is -2.68. The molecule has 1 N–H and O–H groups in total. The van der Waals surface area contributed by atoms with Gasteiger partial charge in [-0.3, -0.25) is 4.79 Å². The second-order valence-corrected chi connectivity index (χ2v) is 5.45. The number of hydrogen-bond donors (Lipinski definition) is 1. The highest BCUT2D eigenvalue weighted by Crippen LogP contribution is 2.26. The highest BCUT2D eigenvalue weighted by atomic mass is 16.5. The summed E-state index contributed by atoms with van der Waals surface area (Å²) in [6.45, 7) is 0.502. The van der Waals surface area contributed by atoms with Crippen LogP contribution in [0.2, 0.25) is 0 Å². The van der Waals surface area contributed by atoms with Crippen molar-refractivity contribution in [2.45, 2.75) is 25.3 Å². The van der Waals surface area contributed by atoms with E-state index >= 15 is 0 Å². The maximum Gasteiger partial charge on any atom is 0.329 e. The molecule has 1 fully saturated rings. The molecule has 5 nitrogen and oxygen atoms in total. The van der Waals surface area contributed by atoms with Crippen LogP contribution in [-0.4, -0.2) is 34.0 Å². The molecule has 2 aromatic carbocycles. The fourth-order valence-corrected chi connectivity index (χ4v) is 2.66. The Labute approximate surface area is 134 Å². The third kappa shape index (κ3) is 3.24. The predicted molar refractivity (Wildman–Crippen MR) is 83.4 cm³/mol. The molecular formula is C18H17NO4. The van der Waals surface area contributed by atoms with Gasteiger partial charge in [0, 0.05) is 6.54 Å². The molecule has 0 unspecified atom stereocenters. The zero-order valence-corrected chi connectivity index (χ0v) is 12.5. The van der Waals surface area contributed by atoms with Gasteiger partial charge in [-0.25, -0.2) is 4.79 Å². The monoisotopic (exact) mass is 311 g/mol. The first kappa shape index (κ1) is 15.2. The summed E-state index contributed by atoms with van der Waals surface area (Å²) in [6.07, 6.45) is -0.920. The molecule has 5 heteroatoms. The number of benzene rings is 2. The van der Waals surface area contributed by atoms with E-state index in [2.05, 4.69) is 0 Å². The van der Waals surface area contributed by atoms with Crippen LogP contribution in [0, 0.1) is 0 Å². The van der Waals surface area contributed by atoms with Crippen molar-refractivity contribution in [2.24, 2.45) is 0 Å². The number of aliphatic carboxylic acids is 1. The molecule has 0 saturated carbocycles. The number of carbonyl (C=O) groups is 2. The van der Waals surface area contributed by atoms with Crippen molar-refractivity contribution in [3.05, 3.63) is 71.8 Å². The van der Waals surface area contributed by atoms with E-state index in [1.165, 1.54) is 4.90 Å². The number of nitrogens with zero attached hydrogens (tertiary/aromatic N) is 1. The average Bonchev–Trinajstić information content (AvgIpc) is 2.58. The Hall–Kier alpha value is -2.66. The zero-order chi connectivity index (χ0) is 16.2. The maximum absolute atomic E-state index is 12.2. The SMILES string of the molecule is O=C(O)[C@H]1[C@@H](OCc2ccccc2)C(=O)N1Cc1ccccc1. The van der Waals surface area contributed by atoms with Crippen molar-refractivity contribution >= 4 is 11.9 Å². The molecule has 1 heterocycles. The lowest BCUT2D eigenvalue weighted by atomic mass is 9.96. The van der Waals surface area contributed by atoms with E-state index in [1.54, 1.807) is 0 Å². The summed E-state index contributed by atoms with van der Waals surface area (Å²) in [6, 6.07) is 17.8. The number of carbonyl (C=O) groups excluding carboxylic acids is 1. The lowest BCUT2D eigenvalue weighted by Gasteiger charge is -2.44. The van der Waals surface area contributed by atoms with Gasteiger partial charge in [0.2, 0.25) is 0 Å². The highest BCUT2D eigenvalue weighted by Gasteiger charge is 2.52. The number of amides is 1. The first-order chi connectivity index (χ1) is 11.2. The predicted octanol–water partition coefficient (Wildman–Crippen LogP) is 2.07. The van der Waals surface area contributed by atoms with Gasteiger partial charge in [-0.05, 0) is 11.1 Å². The molecule has 1 saturated heterocycles. The van der Waals surface area contributed by atoms with E-state index in [1.807, 2.05) is 60.7 Å². The quantitative estimate of drug-likeness (QED) is 0.829. The number of carboxylic acids is 1. The smallest absolute Gasteiger partial charge is 0.329 e. The Morgan fingerprint density at radius 3 is 2.13 bits per heavy atom. The topological polar surface area (TPSA) is 66.8 Å². The zero-order valence-electron chi connectivity index (χ0n) is 12.5. The van der Waals surface area contributed by atoms with Crippen molar-refractivity contribution in [2.75, 3.05) is 0 Å². The van der Waals surface area contributed by atoms with Gasteiger partial charge in [0.25, 0.3) is 5.91 Å². The van der Waals surface area contributed by atoms with Crippen molar-refractivity contribution in [3.63, 3.8) is 0 Å². The first-order valence-corrected chi connectivity index (χ1v) is 7.39. The summed E-state index contributed by atoms with van der Waals surface area (Å²) in [5.41, 5.74) is 1.81. The molecule has 0 aliphatic carbocycles. The van der Waals surface area contributed by atoms with E-state index in [4.69, 9.17) is 4.74 Å². The number of carboxylic acid groups (broad SMARTS) is 1. The maximum atomic E-state index is 12.2. The molecular weight excluding hydrogens is 294 g/mol. The second kappa shape index (κ2) is 6.62. The van der Waals surface area contributed by atoms with E-state index in [0.29, 0.717) is 0 Å². The van der Waals surface area contributed by atoms with Crippen LogP contribution in [0.3, 0.4) is 0 Å². The van der Waals surface area contributed by atoms with Crippen LogP contribution in [-0.2, 0) is 27.5 Å². The molecule has 0 spiro atoms. The van der Waals surface area contributed by atoms with Gasteiger partial charge in [-0.1, -0.05) is 60.7 Å². The van der Waals surface area contributed by atoms with Crippen molar-refractivity contribution in [3.8, 4) is 0 Å². The summed E-state index contributed by atoms with van der Waals surface area (Å²) >= 11 is 0. The van der Waals surface area contributed by atoms with Crippen molar-refractivity contribution in [1.82, 2.24) is 4.90 Å². The number of β-lactam (4-membered cyclic amide) rings is 1. The summed E-state index contributed by atoms with van der Waals surface area (Å²) in [5.74, 6) is -1.32. The number of rotatable bonds is 6. The Kier molecular flexibility index (Phi) is 4.39. The van der Waals surface area contributed by atoms with Gasteiger partial charge in [-0.15, -0.1) is 0 Å². The van der Waals surface area contributed by atoms with E-state index in [9.17, 15) is 14.7 Å². The molecule has 3 rings (SSSR count). The van der Waals surface area contributed by atoms with Gasteiger partial charge in [0.1, 0.15) is 0 Å². The van der Waals surface area contributed by atoms with E-state index in [0.717, 1.165) is 11.1 Å². The number of likely N-dealkylation sites (tertiary alicyclic amines) is 1. The molecule has 23 heavy (non-hydrogen) atoms. The third-order valence-corrected chi connectivity index (χ3v) is 3.87. The van der Waals surface area contributed by atoms with Gasteiger partial charge >= 0.3 is 5.97 Å². The first-order valence-electron chi connectivity index (χ1n) is 7.39. The van der Waals surface area contributed by atoms with E-state index in [-0.39, 0.29) is 19.1 Å². The standard InChI is InChI=1S/C18H17NO4/c20-17-16(23-12-14-9-5-2-6-10-14)15(18(21)22)19(17)11-13-7-3-1-4-8-13/h1-10,15-16H,11-12H2,(H,21,22)/t15-,16-/m1/s1. The van der Waals surface area contributed by atoms with Crippen LogP contribution in [0.15, 0.2) is 60.7 Å². The molecule has 1 amide bonds. The molecule has 118 valence electrons. The van der Waals surface area contributed by atoms with Crippen molar-refractivity contribution in [1.29, 1.82) is 0 Å². The molecule has 0 bridgehead atoms. The van der Waals surface area contributed by atoms with Crippen LogP contribution >= 0.6 is 0 Å². The largest absolute Gasteiger partial charge is 0.480 e.